The molecule has 0 radical (unpaired) electrons. The van der Waals surface area contributed by atoms with Gasteiger partial charge in [0, 0.05) is 46.0 Å². The van der Waals surface area contributed by atoms with Crippen LogP contribution in [0.3, 0.4) is 0 Å². The van der Waals surface area contributed by atoms with Crippen molar-refractivity contribution in [1.82, 2.24) is 14.8 Å². The summed E-state index contributed by atoms with van der Waals surface area (Å²) in [6.45, 7) is 3.73. The maximum absolute atomic E-state index is 11.2. The molecule has 0 saturated heterocycles. The lowest BCUT2D eigenvalue weighted by Crippen LogP contribution is -2.39. The summed E-state index contributed by atoms with van der Waals surface area (Å²) in [5.74, 6) is 0.673. The number of rotatable bonds is 7. The third-order valence-corrected chi connectivity index (χ3v) is 3.17. The molecule has 1 rings (SSSR count). The zero-order valence-electron chi connectivity index (χ0n) is 13.4. The second-order valence-corrected chi connectivity index (χ2v) is 4.85. The Morgan fingerprint density at radius 3 is 2.86 bits per heavy atom. The van der Waals surface area contributed by atoms with Gasteiger partial charge in [0.15, 0.2) is 5.96 Å². The molecule has 0 aliphatic carbocycles. The zero-order valence-corrected chi connectivity index (χ0v) is 13.4. The summed E-state index contributed by atoms with van der Waals surface area (Å²) >= 11 is 0. The second kappa shape index (κ2) is 9.05. The van der Waals surface area contributed by atoms with Crippen LogP contribution in [0.15, 0.2) is 23.3 Å². The minimum atomic E-state index is -0.147. The number of aryl methyl sites for hydroxylation is 1. The normalized spacial score (nSPS) is 11.3. The lowest BCUT2D eigenvalue weighted by molar-refractivity contribution is -0.143. The van der Waals surface area contributed by atoms with Gasteiger partial charge in [0.05, 0.1) is 13.2 Å². The van der Waals surface area contributed by atoms with Gasteiger partial charge in [0.25, 0.3) is 0 Å². The van der Waals surface area contributed by atoms with Crippen molar-refractivity contribution in [2.45, 2.75) is 26.3 Å². The predicted octanol–water partition coefficient (Wildman–Crippen LogP) is 1.38. The summed E-state index contributed by atoms with van der Waals surface area (Å²) in [6.07, 6.45) is 3.19. The quantitative estimate of drug-likeness (QED) is 0.357. The number of aromatic nitrogens is 1. The van der Waals surface area contributed by atoms with Crippen LogP contribution < -0.4 is 5.32 Å². The van der Waals surface area contributed by atoms with Crippen LogP contribution in [-0.4, -0.2) is 48.6 Å². The number of nitrogens with one attached hydrogen (secondary N) is 1. The van der Waals surface area contributed by atoms with Crippen molar-refractivity contribution in [1.29, 1.82) is 0 Å². The average Bonchev–Trinajstić information content (AvgIpc) is 2.84. The van der Waals surface area contributed by atoms with E-state index < -0.39 is 0 Å². The first-order valence-electron chi connectivity index (χ1n) is 7.26. The molecular formula is C15H26N4O2. The van der Waals surface area contributed by atoms with E-state index in [-0.39, 0.29) is 5.97 Å². The fourth-order valence-electron chi connectivity index (χ4n) is 2.03. The maximum Gasteiger partial charge on any atom is 0.305 e. The molecule has 0 atom stereocenters. The van der Waals surface area contributed by atoms with Gasteiger partial charge in [-0.3, -0.25) is 9.79 Å². The number of nitrogens with zero attached hydrogens (tertiary/aromatic N) is 3. The van der Waals surface area contributed by atoms with Crippen LogP contribution in [0.4, 0.5) is 0 Å². The fraction of sp³-hybridized carbons (Fsp3) is 0.600. The number of carbonyl (C=O) groups excluding carboxylic acids is 1. The number of carbonyl (C=O) groups is 1. The SMILES string of the molecule is CCOC(=O)CCCNC(=NC)N(C)Cc1cccn1C. The molecule has 1 heterocycles. The Balaban J connectivity index is 2.34. The second-order valence-electron chi connectivity index (χ2n) is 4.85. The van der Waals surface area contributed by atoms with Gasteiger partial charge in [-0.15, -0.1) is 0 Å². The van der Waals surface area contributed by atoms with E-state index in [1.807, 2.05) is 33.3 Å². The third kappa shape index (κ3) is 5.89. The standard InChI is InChI=1S/C15H26N4O2/c1-5-21-14(20)9-6-10-17-15(16-2)19(4)12-13-8-7-11-18(13)3/h7-8,11H,5-6,9-10,12H2,1-4H3,(H,16,17). The van der Waals surface area contributed by atoms with Crippen molar-refractivity contribution in [2.24, 2.45) is 12.0 Å². The van der Waals surface area contributed by atoms with E-state index in [1.165, 1.54) is 5.69 Å². The first-order valence-corrected chi connectivity index (χ1v) is 7.26. The maximum atomic E-state index is 11.2. The molecule has 0 fully saturated rings. The molecule has 118 valence electrons. The highest BCUT2D eigenvalue weighted by atomic mass is 16.5. The smallest absolute Gasteiger partial charge is 0.305 e. The van der Waals surface area contributed by atoms with Gasteiger partial charge in [-0.2, -0.15) is 0 Å². The zero-order chi connectivity index (χ0) is 15.7. The van der Waals surface area contributed by atoms with Crippen LogP contribution in [0.25, 0.3) is 0 Å². The molecule has 21 heavy (non-hydrogen) atoms. The Kier molecular flexibility index (Phi) is 7.36. The first kappa shape index (κ1) is 17.1. The van der Waals surface area contributed by atoms with Crippen molar-refractivity contribution < 1.29 is 9.53 Å². The van der Waals surface area contributed by atoms with Crippen molar-refractivity contribution >= 4 is 11.9 Å². The Morgan fingerprint density at radius 2 is 2.29 bits per heavy atom. The summed E-state index contributed by atoms with van der Waals surface area (Å²) in [5.41, 5.74) is 1.21. The molecule has 6 nitrogen and oxygen atoms in total. The molecular weight excluding hydrogens is 268 g/mol. The lowest BCUT2D eigenvalue weighted by atomic mass is 10.3. The van der Waals surface area contributed by atoms with Gasteiger partial charge in [-0.05, 0) is 25.5 Å². The van der Waals surface area contributed by atoms with E-state index >= 15 is 0 Å². The van der Waals surface area contributed by atoms with Crippen LogP contribution in [0.2, 0.25) is 0 Å². The van der Waals surface area contributed by atoms with Gasteiger partial charge in [0.1, 0.15) is 0 Å². The van der Waals surface area contributed by atoms with Crippen LogP contribution in [0, 0.1) is 0 Å². The number of guanidine groups is 1. The van der Waals surface area contributed by atoms with Gasteiger partial charge in [-0.25, -0.2) is 0 Å². The molecule has 1 aromatic heterocycles. The number of hydrogen-bond donors (Lipinski definition) is 1. The van der Waals surface area contributed by atoms with Crippen molar-refractivity contribution in [2.75, 3.05) is 27.2 Å². The molecule has 0 saturated carbocycles. The summed E-state index contributed by atoms with van der Waals surface area (Å²) in [4.78, 5) is 17.6. The topological polar surface area (TPSA) is 58.9 Å². The molecule has 0 aliphatic rings. The Hall–Kier alpha value is -1.98. The number of esters is 1. The Bertz CT molecular complexity index is 468. The monoisotopic (exact) mass is 294 g/mol. The third-order valence-electron chi connectivity index (χ3n) is 3.17. The molecule has 1 N–H and O–H groups in total. The van der Waals surface area contributed by atoms with E-state index in [2.05, 4.69) is 25.8 Å². The summed E-state index contributed by atoms with van der Waals surface area (Å²) < 4.78 is 6.98. The highest BCUT2D eigenvalue weighted by Gasteiger charge is 2.08. The molecule has 0 bridgehead atoms. The number of hydrogen-bond acceptors (Lipinski definition) is 3. The fourth-order valence-corrected chi connectivity index (χ4v) is 2.03. The van der Waals surface area contributed by atoms with Crippen LogP contribution in [0.1, 0.15) is 25.5 Å². The van der Waals surface area contributed by atoms with E-state index in [0.717, 1.165) is 18.9 Å². The van der Waals surface area contributed by atoms with Crippen LogP contribution in [0.5, 0.6) is 0 Å². The minimum Gasteiger partial charge on any atom is -0.466 e. The van der Waals surface area contributed by atoms with Gasteiger partial charge in [-0.1, -0.05) is 0 Å². The summed E-state index contributed by atoms with van der Waals surface area (Å²) in [5, 5.41) is 3.26. The Labute approximate surface area is 126 Å². The largest absolute Gasteiger partial charge is 0.466 e. The first-order chi connectivity index (χ1) is 10.1. The van der Waals surface area contributed by atoms with E-state index in [0.29, 0.717) is 19.6 Å². The van der Waals surface area contributed by atoms with E-state index in [9.17, 15) is 4.79 Å². The summed E-state index contributed by atoms with van der Waals surface area (Å²) in [7, 11) is 5.78. The molecule has 1 aromatic rings. The Morgan fingerprint density at radius 1 is 1.52 bits per heavy atom. The number of ether oxygens (including phenoxy) is 1. The van der Waals surface area contributed by atoms with Crippen molar-refractivity contribution in [3.63, 3.8) is 0 Å². The van der Waals surface area contributed by atoms with Crippen molar-refractivity contribution in [3.05, 3.63) is 24.0 Å². The molecule has 0 spiro atoms. The highest BCUT2D eigenvalue weighted by molar-refractivity contribution is 5.79. The molecule has 6 heteroatoms. The number of aliphatic imine (C=N–C) groups is 1. The molecule has 0 aromatic carbocycles. The minimum absolute atomic E-state index is 0.147. The average molecular weight is 294 g/mol. The summed E-state index contributed by atoms with van der Waals surface area (Å²) in [6, 6.07) is 4.11. The van der Waals surface area contributed by atoms with Gasteiger partial charge in [0.2, 0.25) is 0 Å². The van der Waals surface area contributed by atoms with Gasteiger partial charge >= 0.3 is 5.97 Å². The van der Waals surface area contributed by atoms with Gasteiger partial charge < -0.3 is 19.5 Å². The highest BCUT2D eigenvalue weighted by Crippen LogP contribution is 2.03. The molecule has 0 unspecified atom stereocenters. The van der Waals surface area contributed by atoms with Crippen molar-refractivity contribution in [3.8, 4) is 0 Å². The predicted molar refractivity (Wildman–Crippen MR) is 84.1 cm³/mol. The molecule has 0 amide bonds. The van der Waals surface area contributed by atoms with E-state index in [1.54, 1.807) is 7.05 Å². The lowest BCUT2D eigenvalue weighted by Gasteiger charge is -2.22. The van der Waals surface area contributed by atoms with Crippen LogP contribution >= 0.6 is 0 Å². The van der Waals surface area contributed by atoms with Crippen LogP contribution in [-0.2, 0) is 23.1 Å². The molecule has 0 aliphatic heterocycles. The van der Waals surface area contributed by atoms with E-state index in [4.69, 9.17) is 4.74 Å².